The fraction of sp³-hybridized carbons (Fsp3) is 0.455. The van der Waals surface area contributed by atoms with E-state index in [-0.39, 0.29) is 5.91 Å². The van der Waals surface area contributed by atoms with E-state index in [9.17, 15) is 4.79 Å². The third kappa shape index (κ3) is 4.61. The van der Waals surface area contributed by atoms with Crippen molar-refractivity contribution in [3.8, 4) is 0 Å². The zero-order valence-corrected chi connectivity index (χ0v) is 12.3. The molecule has 0 bridgehead atoms. The van der Waals surface area contributed by atoms with Crippen molar-refractivity contribution in [2.75, 3.05) is 10.6 Å². The highest BCUT2D eigenvalue weighted by Gasteiger charge is 2.04. The van der Waals surface area contributed by atoms with Gasteiger partial charge in [0.2, 0.25) is 5.91 Å². The summed E-state index contributed by atoms with van der Waals surface area (Å²) < 4.78 is 0.949. The Morgan fingerprint density at radius 1 is 1.44 bits per heavy atom. The molecule has 5 heteroatoms. The number of hydrogen-bond donors (Lipinski definition) is 1. The third-order valence-electron chi connectivity index (χ3n) is 2.08. The fourth-order valence-corrected chi connectivity index (χ4v) is 1.82. The van der Waals surface area contributed by atoms with E-state index in [2.05, 4.69) is 42.2 Å². The van der Waals surface area contributed by atoms with Gasteiger partial charge in [0.1, 0.15) is 5.82 Å². The summed E-state index contributed by atoms with van der Waals surface area (Å²) in [5, 5.41) is 3.72. The average Bonchev–Trinajstić information content (AvgIpc) is 2.24. The molecule has 0 unspecified atom stereocenters. The van der Waals surface area contributed by atoms with Gasteiger partial charge in [-0.15, -0.1) is 0 Å². The van der Waals surface area contributed by atoms with Crippen LogP contribution in [-0.4, -0.2) is 16.2 Å². The molecule has 0 aliphatic carbocycles. The van der Waals surface area contributed by atoms with Crippen LogP contribution >= 0.6 is 31.9 Å². The van der Waals surface area contributed by atoms with Crippen LogP contribution in [0.4, 0.5) is 5.82 Å². The van der Waals surface area contributed by atoms with Gasteiger partial charge in [-0.2, -0.15) is 0 Å². The Balaban J connectivity index is 2.46. The number of anilines is 1. The molecule has 1 N–H and O–H groups in total. The lowest BCUT2D eigenvalue weighted by molar-refractivity contribution is -0.116. The smallest absolute Gasteiger partial charge is 0.225 e. The zero-order chi connectivity index (χ0) is 12.0. The highest BCUT2D eigenvalue weighted by molar-refractivity contribution is 9.10. The number of amides is 1. The van der Waals surface area contributed by atoms with Gasteiger partial charge in [0.15, 0.2) is 0 Å². The standard InChI is InChI=1S/C11H14Br2N2O/c1-8-9(13)5-6-10(14-8)15-11(16)4-2-3-7-12/h5-6H,2-4,7H2,1H3,(H,14,15,16). The number of hydrogen-bond acceptors (Lipinski definition) is 2. The lowest BCUT2D eigenvalue weighted by Crippen LogP contribution is -2.12. The van der Waals surface area contributed by atoms with E-state index >= 15 is 0 Å². The Kier molecular flexibility index (Phi) is 5.98. The number of aryl methyl sites for hydroxylation is 1. The summed E-state index contributed by atoms with van der Waals surface area (Å²) in [5.41, 5.74) is 0.873. The number of nitrogens with one attached hydrogen (secondary N) is 1. The van der Waals surface area contributed by atoms with Crippen LogP contribution in [0.3, 0.4) is 0 Å². The van der Waals surface area contributed by atoms with Gasteiger partial charge in [0.05, 0.1) is 5.69 Å². The van der Waals surface area contributed by atoms with E-state index in [4.69, 9.17) is 0 Å². The summed E-state index contributed by atoms with van der Waals surface area (Å²) in [4.78, 5) is 15.8. The van der Waals surface area contributed by atoms with Gasteiger partial charge in [-0.25, -0.2) is 4.98 Å². The minimum Gasteiger partial charge on any atom is -0.311 e. The second-order valence-electron chi connectivity index (χ2n) is 3.46. The van der Waals surface area contributed by atoms with E-state index < -0.39 is 0 Å². The number of aromatic nitrogens is 1. The first-order valence-corrected chi connectivity index (χ1v) is 7.04. The number of alkyl halides is 1. The number of carbonyl (C=O) groups excluding carboxylic acids is 1. The van der Waals surface area contributed by atoms with Crippen molar-refractivity contribution in [2.24, 2.45) is 0 Å². The van der Waals surface area contributed by atoms with E-state index in [0.717, 1.165) is 28.3 Å². The lowest BCUT2D eigenvalue weighted by atomic mass is 10.2. The molecule has 0 spiro atoms. The number of halogens is 2. The molecule has 88 valence electrons. The first kappa shape index (κ1) is 13.6. The fourth-order valence-electron chi connectivity index (χ4n) is 1.20. The van der Waals surface area contributed by atoms with Crippen molar-refractivity contribution in [3.63, 3.8) is 0 Å². The maximum absolute atomic E-state index is 11.5. The molecule has 0 saturated carbocycles. The molecule has 0 aromatic carbocycles. The van der Waals surface area contributed by atoms with Crippen molar-refractivity contribution >= 4 is 43.6 Å². The molecule has 0 fully saturated rings. The van der Waals surface area contributed by atoms with Crippen LogP contribution < -0.4 is 5.32 Å². The van der Waals surface area contributed by atoms with Gasteiger partial charge in [0, 0.05) is 16.2 Å². The Morgan fingerprint density at radius 3 is 2.81 bits per heavy atom. The summed E-state index contributed by atoms with van der Waals surface area (Å²) in [6.07, 6.45) is 2.45. The van der Waals surface area contributed by atoms with Crippen molar-refractivity contribution < 1.29 is 4.79 Å². The maximum atomic E-state index is 11.5. The summed E-state index contributed by atoms with van der Waals surface area (Å²) in [7, 11) is 0. The quantitative estimate of drug-likeness (QED) is 0.651. The summed E-state index contributed by atoms with van der Waals surface area (Å²) in [6, 6.07) is 3.68. The van der Waals surface area contributed by atoms with Gasteiger partial charge in [-0.3, -0.25) is 4.79 Å². The maximum Gasteiger partial charge on any atom is 0.225 e. The molecule has 3 nitrogen and oxygen atoms in total. The highest BCUT2D eigenvalue weighted by Crippen LogP contribution is 2.16. The number of rotatable bonds is 5. The number of pyridine rings is 1. The molecule has 0 saturated heterocycles. The third-order valence-corrected chi connectivity index (χ3v) is 3.48. The zero-order valence-electron chi connectivity index (χ0n) is 9.09. The van der Waals surface area contributed by atoms with Crippen LogP contribution in [0.1, 0.15) is 25.0 Å². The molecule has 0 aliphatic heterocycles. The first-order valence-electron chi connectivity index (χ1n) is 5.12. The summed E-state index contributed by atoms with van der Waals surface area (Å²) in [6.45, 7) is 1.89. The summed E-state index contributed by atoms with van der Waals surface area (Å²) >= 11 is 6.70. The van der Waals surface area contributed by atoms with Crippen molar-refractivity contribution in [1.29, 1.82) is 0 Å². The Bertz CT molecular complexity index is 369. The van der Waals surface area contributed by atoms with Crippen molar-refractivity contribution in [1.82, 2.24) is 4.98 Å². The molecule has 1 amide bonds. The van der Waals surface area contributed by atoms with Crippen LogP contribution in [-0.2, 0) is 4.79 Å². The van der Waals surface area contributed by atoms with Crippen molar-refractivity contribution in [2.45, 2.75) is 26.2 Å². The van der Waals surface area contributed by atoms with E-state index in [1.807, 2.05) is 13.0 Å². The largest absolute Gasteiger partial charge is 0.311 e. The van der Waals surface area contributed by atoms with Gasteiger partial charge < -0.3 is 5.32 Å². The average molecular weight is 350 g/mol. The van der Waals surface area contributed by atoms with Gasteiger partial charge in [0.25, 0.3) is 0 Å². The SMILES string of the molecule is Cc1nc(NC(=O)CCCCBr)ccc1Br. The predicted molar refractivity (Wildman–Crippen MR) is 72.9 cm³/mol. The number of nitrogens with zero attached hydrogens (tertiary/aromatic N) is 1. The minimum absolute atomic E-state index is 0.0233. The minimum atomic E-state index is 0.0233. The van der Waals surface area contributed by atoms with E-state index in [0.29, 0.717) is 12.2 Å². The molecule has 0 aliphatic rings. The molecule has 0 radical (unpaired) electrons. The highest BCUT2D eigenvalue weighted by atomic mass is 79.9. The summed E-state index contributed by atoms with van der Waals surface area (Å²) in [5.74, 6) is 0.639. The lowest BCUT2D eigenvalue weighted by Gasteiger charge is -2.05. The van der Waals surface area contributed by atoms with Crippen LogP contribution in [0.25, 0.3) is 0 Å². The first-order chi connectivity index (χ1) is 7.63. The van der Waals surface area contributed by atoms with E-state index in [1.165, 1.54) is 0 Å². The van der Waals surface area contributed by atoms with Crippen molar-refractivity contribution in [3.05, 3.63) is 22.3 Å². The van der Waals surface area contributed by atoms with Crippen LogP contribution in [0.15, 0.2) is 16.6 Å². The molecule has 1 heterocycles. The number of unbranched alkanes of at least 4 members (excludes halogenated alkanes) is 1. The van der Waals surface area contributed by atoms with Gasteiger partial charge >= 0.3 is 0 Å². The van der Waals surface area contributed by atoms with Crippen LogP contribution in [0.2, 0.25) is 0 Å². The van der Waals surface area contributed by atoms with E-state index in [1.54, 1.807) is 6.07 Å². The molecule has 1 aromatic rings. The normalized spacial score (nSPS) is 10.2. The van der Waals surface area contributed by atoms with Crippen LogP contribution in [0.5, 0.6) is 0 Å². The van der Waals surface area contributed by atoms with Gasteiger partial charge in [-0.05, 0) is 47.8 Å². The molecular formula is C11H14Br2N2O. The molecular weight excluding hydrogens is 336 g/mol. The Morgan fingerprint density at radius 2 is 2.19 bits per heavy atom. The second kappa shape index (κ2) is 7.01. The van der Waals surface area contributed by atoms with Gasteiger partial charge in [-0.1, -0.05) is 15.9 Å². The molecule has 1 rings (SSSR count). The monoisotopic (exact) mass is 348 g/mol. The second-order valence-corrected chi connectivity index (χ2v) is 5.11. The van der Waals surface area contributed by atoms with Crippen LogP contribution in [0, 0.1) is 6.92 Å². The molecule has 16 heavy (non-hydrogen) atoms. The topological polar surface area (TPSA) is 42.0 Å². The predicted octanol–water partition coefficient (Wildman–Crippen LogP) is 3.66. The Hall–Kier alpha value is -0.420. The Labute approximate surface area is 112 Å². The molecule has 1 aromatic heterocycles. The molecule has 0 atom stereocenters. The number of carbonyl (C=O) groups is 1.